The van der Waals surface area contributed by atoms with E-state index in [0.717, 1.165) is 24.8 Å². The molecule has 112 valence electrons. The Morgan fingerprint density at radius 1 is 1.40 bits per heavy atom. The SMILES string of the molecule is CCS(=O)(=O)CCCOc1ccc2c(c1)C(O)CCC2. The van der Waals surface area contributed by atoms with Crippen molar-refractivity contribution in [3.05, 3.63) is 29.3 Å². The largest absolute Gasteiger partial charge is 0.494 e. The molecule has 0 spiro atoms. The number of fused-ring (bicyclic) bond motifs is 1. The Labute approximate surface area is 120 Å². The van der Waals surface area contributed by atoms with Gasteiger partial charge >= 0.3 is 0 Å². The lowest BCUT2D eigenvalue weighted by Gasteiger charge is -2.22. The molecule has 1 atom stereocenters. The summed E-state index contributed by atoms with van der Waals surface area (Å²) in [5, 5.41) is 9.96. The molecule has 0 aliphatic heterocycles. The van der Waals surface area contributed by atoms with Gasteiger partial charge in [0.2, 0.25) is 0 Å². The third-order valence-corrected chi connectivity index (χ3v) is 5.50. The van der Waals surface area contributed by atoms with Gasteiger partial charge in [0.1, 0.15) is 15.6 Å². The van der Waals surface area contributed by atoms with Crippen molar-refractivity contribution in [3.8, 4) is 5.75 Å². The van der Waals surface area contributed by atoms with Crippen molar-refractivity contribution in [1.82, 2.24) is 0 Å². The molecule has 1 aliphatic carbocycles. The molecule has 0 heterocycles. The molecule has 5 heteroatoms. The summed E-state index contributed by atoms with van der Waals surface area (Å²) in [6.07, 6.45) is 2.91. The molecular weight excluding hydrogens is 276 g/mol. The molecule has 20 heavy (non-hydrogen) atoms. The molecule has 1 unspecified atom stereocenters. The van der Waals surface area contributed by atoms with Crippen LogP contribution in [0.25, 0.3) is 0 Å². The second kappa shape index (κ2) is 6.59. The summed E-state index contributed by atoms with van der Waals surface area (Å²) in [5.41, 5.74) is 2.14. The quantitative estimate of drug-likeness (QED) is 0.818. The molecule has 1 N–H and O–H groups in total. The fourth-order valence-electron chi connectivity index (χ4n) is 2.46. The Bertz CT molecular complexity index is 551. The smallest absolute Gasteiger partial charge is 0.150 e. The van der Waals surface area contributed by atoms with Crippen LogP contribution in [0.3, 0.4) is 0 Å². The summed E-state index contributed by atoms with van der Waals surface area (Å²) in [6, 6.07) is 5.77. The highest BCUT2D eigenvalue weighted by molar-refractivity contribution is 7.91. The number of hydrogen-bond donors (Lipinski definition) is 1. The lowest BCUT2D eigenvalue weighted by Crippen LogP contribution is -2.12. The van der Waals surface area contributed by atoms with Crippen LogP contribution in [0.2, 0.25) is 0 Å². The lowest BCUT2D eigenvalue weighted by molar-refractivity contribution is 0.156. The van der Waals surface area contributed by atoms with Crippen molar-refractivity contribution in [2.45, 2.75) is 38.7 Å². The molecule has 0 amide bonds. The Balaban J connectivity index is 1.89. The van der Waals surface area contributed by atoms with Crippen molar-refractivity contribution in [1.29, 1.82) is 0 Å². The molecule has 0 aromatic heterocycles. The molecule has 0 radical (unpaired) electrons. The van der Waals surface area contributed by atoms with Gasteiger partial charge in [-0.1, -0.05) is 13.0 Å². The normalized spacial score (nSPS) is 18.6. The molecule has 1 aromatic carbocycles. The van der Waals surface area contributed by atoms with Gasteiger partial charge in [0, 0.05) is 5.75 Å². The molecular formula is C15H22O4S. The average molecular weight is 298 g/mol. The van der Waals surface area contributed by atoms with Gasteiger partial charge in [-0.3, -0.25) is 0 Å². The third-order valence-electron chi connectivity index (χ3n) is 3.71. The topological polar surface area (TPSA) is 63.6 Å². The van der Waals surface area contributed by atoms with E-state index in [1.54, 1.807) is 6.92 Å². The maximum atomic E-state index is 11.4. The van der Waals surface area contributed by atoms with Crippen LogP contribution < -0.4 is 4.74 Å². The zero-order valence-electron chi connectivity index (χ0n) is 11.8. The van der Waals surface area contributed by atoms with E-state index >= 15 is 0 Å². The van der Waals surface area contributed by atoms with Gasteiger partial charge in [-0.25, -0.2) is 8.42 Å². The first-order valence-corrected chi connectivity index (χ1v) is 8.98. The predicted octanol–water partition coefficient (Wildman–Crippen LogP) is 2.26. The molecule has 1 aliphatic rings. The minimum Gasteiger partial charge on any atom is -0.494 e. The molecule has 0 bridgehead atoms. The summed E-state index contributed by atoms with van der Waals surface area (Å²) < 4.78 is 28.3. The zero-order valence-corrected chi connectivity index (χ0v) is 12.7. The first-order chi connectivity index (χ1) is 9.52. The minimum atomic E-state index is -2.92. The molecule has 0 fully saturated rings. The monoisotopic (exact) mass is 298 g/mol. The second-order valence-electron chi connectivity index (χ2n) is 5.21. The molecule has 1 aromatic rings. The number of ether oxygens (including phenoxy) is 1. The van der Waals surface area contributed by atoms with Crippen LogP contribution in [-0.2, 0) is 16.3 Å². The van der Waals surface area contributed by atoms with Crippen LogP contribution in [0, 0.1) is 0 Å². The van der Waals surface area contributed by atoms with Gasteiger partial charge in [-0.05, 0) is 48.9 Å². The van der Waals surface area contributed by atoms with Crippen LogP contribution in [0.4, 0.5) is 0 Å². The molecule has 4 nitrogen and oxygen atoms in total. The van der Waals surface area contributed by atoms with E-state index in [1.807, 2.05) is 18.2 Å². The summed E-state index contributed by atoms with van der Waals surface area (Å²) in [6.45, 7) is 2.04. The maximum absolute atomic E-state index is 11.4. The van der Waals surface area contributed by atoms with Crippen LogP contribution >= 0.6 is 0 Å². The maximum Gasteiger partial charge on any atom is 0.150 e. The predicted molar refractivity (Wildman–Crippen MR) is 78.8 cm³/mol. The Hall–Kier alpha value is -1.07. The number of sulfone groups is 1. The van der Waals surface area contributed by atoms with Gasteiger partial charge in [0.25, 0.3) is 0 Å². The fourth-order valence-corrected chi connectivity index (χ4v) is 3.30. The van der Waals surface area contributed by atoms with Crippen molar-refractivity contribution < 1.29 is 18.3 Å². The first-order valence-electron chi connectivity index (χ1n) is 7.16. The molecule has 2 rings (SSSR count). The lowest BCUT2D eigenvalue weighted by atomic mass is 9.89. The number of rotatable bonds is 6. The van der Waals surface area contributed by atoms with E-state index in [-0.39, 0.29) is 11.5 Å². The number of benzene rings is 1. The second-order valence-corrected chi connectivity index (χ2v) is 7.68. The molecule has 0 saturated carbocycles. The Morgan fingerprint density at radius 3 is 2.95 bits per heavy atom. The van der Waals surface area contributed by atoms with Gasteiger partial charge in [-0.2, -0.15) is 0 Å². The molecule has 0 saturated heterocycles. The fraction of sp³-hybridized carbons (Fsp3) is 0.600. The van der Waals surface area contributed by atoms with E-state index in [4.69, 9.17) is 4.74 Å². The van der Waals surface area contributed by atoms with Crippen LogP contribution in [0.5, 0.6) is 5.75 Å². The standard InChI is InChI=1S/C15H22O4S/c1-2-20(17,18)10-4-9-19-13-8-7-12-5-3-6-15(16)14(12)11-13/h7-8,11,15-16H,2-6,9-10H2,1H3. The van der Waals surface area contributed by atoms with Gasteiger partial charge < -0.3 is 9.84 Å². The van der Waals surface area contributed by atoms with E-state index in [1.165, 1.54) is 5.56 Å². The Morgan fingerprint density at radius 2 is 2.20 bits per heavy atom. The number of aliphatic hydroxyl groups excluding tert-OH is 1. The van der Waals surface area contributed by atoms with E-state index in [2.05, 4.69) is 0 Å². The summed E-state index contributed by atoms with van der Waals surface area (Å²) in [4.78, 5) is 0. The number of hydrogen-bond acceptors (Lipinski definition) is 4. The number of aryl methyl sites for hydroxylation is 1. The highest BCUT2D eigenvalue weighted by atomic mass is 32.2. The van der Waals surface area contributed by atoms with E-state index < -0.39 is 15.9 Å². The van der Waals surface area contributed by atoms with Crippen molar-refractivity contribution in [3.63, 3.8) is 0 Å². The Kier molecular flexibility index (Phi) is 5.05. The summed E-state index contributed by atoms with van der Waals surface area (Å²) >= 11 is 0. The minimum absolute atomic E-state index is 0.164. The van der Waals surface area contributed by atoms with Crippen molar-refractivity contribution >= 4 is 9.84 Å². The number of aliphatic hydroxyl groups is 1. The van der Waals surface area contributed by atoms with Crippen LogP contribution in [0.1, 0.15) is 43.4 Å². The van der Waals surface area contributed by atoms with Crippen LogP contribution in [0.15, 0.2) is 18.2 Å². The highest BCUT2D eigenvalue weighted by Crippen LogP contribution is 2.32. The average Bonchev–Trinajstić information content (AvgIpc) is 2.44. The van der Waals surface area contributed by atoms with Crippen molar-refractivity contribution in [2.24, 2.45) is 0 Å². The zero-order chi connectivity index (χ0) is 14.6. The van der Waals surface area contributed by atoms with Crippen molar-refractivity contribution in [2.75, 3.05) is 18.1 Å². The summed E-state index contributed by atoms with van der Waals surface area (Å²) in [7, 11) is -2.92. The van der Waals surface area contributed by atoms with Gasteiger partial charge in [-0.15, -0.1) is 0 Å². The first kappa shape index (κ1) is 15.3. The van der Waals surface area contributed by atoms with E-state index in [9.17, 15) is 13.5 Å². The van der Waals surface area contributed by atoms with E-state index in [0.29, 0.717) is 18.8 Å². The highest BCUT2D eigenvalue weighted by Gasteiger charge is 2.18. The van der Waals surface area contributed by atoms with Crippen LogP contribution in [-0.4, -0.2) is 31.6 Å². The van der Waals surface area contributed by atoms with Gasteiger partial charge in [0.15, 0.2) is 0 Å². The summed E-state index contributed by atoms with van der Waals surface area (Å²) in [5.74, 6) is 1.05. The van der Waals surface area contributed by atoms with Gasteiger partial charge in [0.05, 0.1) is 18.5 Å². The third kappa shape index (κ3) is 3.96.